The summed E-state index contributed by atoms with van der Waals surface area (Å²) in [5, 5.41) is 0. The summed E-state index contributed by atoms with van der Waals surface area (Å²) >= 11 is 0. The maximum atomic E-state index is 12.9. The van der Waals surface area contributed by atoms with E-state index in [1.165, 1.54) is 6.42 Å². The maximum absolute atomic E-state index is 12.9. The van der Waals surface area contributed by atoms with Gasteiger partial charge in [-0.3, -0.25) is 4.79 Å². The first-order chi connectivity index (χ1) is 12.9. The van der Waals surface area contributed by atoms with E-state index in [9.17, 15) is 9.59 Å². The Balaban J connectivity index is 2.06. The summed E-state index contributed by atoms with van der Waals surface area (Å²) in [4.78, 5) is 25.6. The lowest BCUT2D eigenvalue weighted by atomic mass is 9.62. The van der Waals surface area contributed by atoms with Gasteiger partial charge in [0.1, 0.15) is 5.60 Å². The second-order valence-corrected chi connectivity index (χ2v) is 10.5. The highest BCUT2D eigenvalue weighted by molar-refractivity contribution is 5.81. The fourth-order valence-corrected chi connectivity index (χ4v) is 6.45. The van der Waals surface area contributed by atoms with Crippen molar-refractivity contribution in [2.45, 2.75) is 99.5 Å². The first kappa shape index (κ1) is 23.2. The van der Waals surface area contributed by atoms with Gasteiger partial charge in [-0.2, -0.15) is 0 Å². The van der Waals surface area contributed by atoms with Crippen LogP contribution in [0.25, 0.3) is 0 Å². The smallest absolute Gasteiger partial charge is 0.344 e. The Morgan fingerprint density at radius 3 is 2.11 bits per heavy atom. The number of carbonyl (C=O) groups excluding carboxylic acids is 2. The molecule has 0 aromatic heterocycles. The Hall–Kier alpha value is -1.06. The van der Waals surface area contributed by atoms with Crippen molar-refractivity contribution in [3.63, 3.8) is 0 Å². The van der Waals surface area contributed by atoms with Crippen molar-refractivity contribution < 1.29 is 19.1 Å². The quantitative estimate of drug-likeness (QED) is 0.490. The monoisotopic (exact) mass is 394 g/mol. The summed E-state index contributed by atoms with van der Waals surface area (Å²) < 4.78 is 11.6. The van der Waals surface area contributed by atoms with Gasteiger partial charge in [0, 0.05) is 0 Å². The van der Waals surface area contributed by atoms with Crippen LogP contribution in [0.2, 0.25) is 0 Å². The Morgan fingerprint density at radius 2 is 1.61 bits per heavy atom. The molecule has 3 atom stereocenters. The zero-order valence-electron chi connectivity index (χ0n) is 19.4. The van der Waals surface area contributed by atoms with Crippen molar-refractivity contribution in [2.75, 3.05) is 6.61 Å². The highest BCUT2D eigenvalue weighted by Gasteiger charge is 2.55. The van der Waals surface area contributed by atoms with E-state index in [2.05, 4.69) is 48.5 Å². The van der Waals surface area contributed by atoms with Gasteiger partial charge in [0.05, 0.1) is 5.41 Å². The minimum Gasteiger partial charge on any atom is -0.456 e. The van der Waals surface area contributed by atoms with Gasteiger partial charge in [-0.25, -0.2) is 4.79 Å². The normalized spacial score (nSPS) is 29.2. The lowest BCUT2D eigenvalue weighted by molar-refractivity contribution is -0.188. The van der Waals surface area contributed by atoms with Gasteiger partial charge >= 0.3 is 11.9 Å². The lowest BCUT2D eigenvalue weighted by Crippen LogP contribution is -2.50. The number of ether oxygens (including phenoxy) is 2. The number of rotatable bonds is 8. The zero-order chi connectivity index (χ0) is 21.3. The number of esters is 2. The molecule has 0 heterocycles. The van der Waals surface area contributed by atoms with E-state index >= 15 is 0 Å². The molecule has 2 aliphatic carbocycles. The first-order valence-electron chi connectivity index (χ1n) is 11.3. The average molecular weight is 395 g/mol. The third kappa shape index (κ3) is 3.98. The largest absolute Gasteiger partial charge is 0.456 e. The van der Waals surface area contributed by atoms with Crippen molar-refractivity contribution >= 4 is 11.9 Å². The standard InChI is InChI=1S/C24H42O4/c1-9-23(15-22(7,8)18-11-12-19(23)13-18)28-20(25)14-27-21(26)24(10-2,16(3)4)17(5)6/h16-19H,9-15H2,1-8H3. The van der Waals surface area contributed by atoms with Crippen molar-refractivity contribution in [3.8, 4) is 0 Å². The van der Waals surface area contributed by atoms with Crippen molar-refractivity contribution in [1.82, 2.24) is 0 Å². The molecule has 162 valence electrons. The van der Waals surface area contributed by atoms with E-state index in [4.69, 9.17) is 9.47 Å². The van der Waals surface area contributed by atoms with E-state index in [0.29, 0.717) is 12.3 Å². The Labute approximate surface area is 172 Å². The molecule has 2 rings (SSSR count). The van der Waals surface area contributed by atoms with Crippen LogP contribution in [0.15, 0.2) is 0 Å². The van der Waals surface area contributed by atoms with Gasteiger partial charge in [0.25, 0.3) is 0 Å². The summed E-state index contributed by atoms with van der Waals surface area (Å²) in [7, 11) is 0. The van der Waals surface area contributed by atoms with Crippen LogP contribution >= 0.6 is 0 Å². The molecule has 4 heteroatoms. The minimum absolute atomic E-state index is 0.151. The molecule has 0 spiro atoms. The van der Waals surface area contributed by atoms with Gasteiger partial charge in [-0.05, 0) is 67.6 Å². The third-order valence-corrected chi connectivity index (χ3v) is 8.30. The van der Waals surface area contributed by atoms with Crippen LogP contribution in [0, 0.1) is 34.5 Å². The van der Waals surface area contributed by atoms with E-state index in [1.807, 2.05) is 6.92 Å². The molecule has 3 unspecified atom stereocenters. The predicted molar refractivity (Wildman–Crippen MR) is 112 cm³/mol. The van der Waals surface area contributed by atoms with Gasteiger partial charge < -0.3 is 9.47 Å². The van der Waals surface area contributed by atoms with Gasteiger partial charge in [-0.15, -0.1) is 0 Å². The van der Waals surface area contributed by atoms with E-state index in [0.717, 1.165) is 31.6 Å². The summed E-state index contributed by atoms with van der Waals surface area (Å²) in [5.41, 5.74) is -0.779. The fraction of sp³-hybridized carbons (Fsp3) is 0.917. The first-order valence-corrected chi connectivity index (χ1v) is 11.3. The summed E-state index contributed by atoms with van der Waals surface area (Å²) in [5.74, 6) is 0.809. The molecule has 0 N–H and O–H groups in total. The van der Waals surface area contributed by atoms with Crippen molar-refractivity contribution in [2.24, 2.45) is 34.5 Å². The van der Waals surface area contributed by atoms with Crippen LogP contribution in [-0.4, -0.2) is 24.1 Å². The van der Waals surface area contributed by atoms with Gasteiger partial charge in [-0.1, -0.05) is 55.4 Å². The SMILES string of the molecule is CCC1(OC(=O)COC(=O)C(CC)(C(C)C)C(C)C)CC(C)(C)C2CCC1C2. The molecular formula is C24H42O4. The molecule has 4 nitrogen and oxygen atoms in total. The van der Waals surface area contributed by atoms with E-state index < -0.39 is 17.0 Å². The molecular weight excluding hydrogens is 352 g/mol. The molecule has 2 aliphatic rings. The molecule has 0 aromatic rings. The molecule has 0 aromatic carbocycles. The van der Waals surface area contributed by atoms with Crippen LogP contribution in [0.3, 0.4) is 0 Å². The summed E-state index contributed by atoms with van der Waals surface area (Å²) in [6.07, 6.45) is 5.94. The van der Waals surface area contributed by atoms with Crippen LogP contribution in [0.5, 0.6) is 0 Å². The average Bonchev–Trinajstić information content (AvgIpc) is 3.07. The molecule has 0 aliphatic heterocycles. The highest BCUT2D eigenvalue weighted by atomic mass is 16.6. The number of hydrogen-bond acceptors (Lipinski definition) is 4. The van der Waals surface area contributed by atoms with E-state index in [-0.39, 0.29) is 29.8 Å². The van der Waals surface area contributed by atoms with Crippen molar-refractivity contribution in [3.05, 3.63) is 0 Å². The molecule has 0 radical (unpaired) electrons. The fourth-order valence-electron chi connectivity index (χ4n) is 6.45. The van der Waals surface area contributed by atoms with Crippen LogP contribution in [0.4, 0.5) is 0 Å². The minimum atomic E-state index is -0.561. The number of fused-ring (bicyclic) bond motifs is 2. The second-order valence-electron chi connectivity index (χ2n) is 10.5. The Morgan fingerprint density at radius 1 is 1.04 bits per heavy atom. The van der Waals surface area contributed by atoms with Crippen molar-refractivity contribution in [1.29, 1.82) is 0 Å². The molecule has 2 saturated carbocycles. The lowest BCUT2D eigenvalue weighted by Gasteiger charge is -2.48. The number of hydrogen-bond donors (Lipinski definition) is 0. The second kappa shape index (κ2) is 8.36. The molecule has 0 amide bonds. The maximum Gasteiger partial charge on any atom is 0.344 e. The topological polar surface area (TPSA) is 52.6 Å². The Kier molecular flexibility index (Phi) is 6.93. The van der Waals surface area contributed by atoms with Gasteiger partial charge in [0.15, 0.2) is 6.61 Å². The summed E-state index contributed by atoms with van der Waals surface area (Å²) in [6.45, 7) is 16.7. The van der Waals surface area contributed by atoms with Crippen LogP contribution in [-0.2, 0) is 19.1 Å². The molecule has 0 saturated heterocycles. The Bertz CT molecular complexity index is 569. The van der Waals surface area contributed by atoms with Crippen LogP contribution in [0.1, 0.15) is 93.9 Å². The highest BCUT2D eigenvalue weighted by Crippen LogP contribution is 2.58. The predicted octanol–water partition coefficient (Wildman–Crippen LogP) is 5.78. The number of carbonyl (C=O) groups is 2. The molecule has 28 heavy (non-hydrogen) atoms. The van der Waals surface area contributed by atoms with Gasteiger partial charge in [0.2, 0.25) is 0 Å². The van der Waals surface area contributed by atoms with E-state index in [1.54, 1.807) is 0 Å². The molecule has 2 bridgehead atoms. The summed E-state index contributed by atoms with van der Waals surface area (Å²) in [6, 6.07) is 0. The molecule has 2 fully saturated rings. The van der Waals surface area contributed by atoms with Crippen LogP contribution < -0.4 is 0 Å². The third-order valence-electron chi connectivity index (χ3n) is 8.30. The zero-order valence-corrected chi connectivity index (χ0v) is 19.4.